The first-order valence-electron chi connectivity index (χ1n) is 7.39. The van der Waals surface area contributed by atoms with Crippen LogP contribution >= 0.6 is 0 Å². The minimum atomic E-state index is -0.447. The third-order valence-corrected chi connectivity index (χ3v) is 2.51. The number of nitrogens with one attached hydrogen (secondary N) is 2. The molecule has 0 atom stereocenters. The summed E-state index contributed by atoms with van der Waals surface area (Å²) in [5.41, 5.74) is 1.52. The van der Waals surface area contributed by atoms with Gasteiger partial charge in [0.1, 0.15) is 13.4 Å². The molecule has 0 bridgehead atoms. The lowest BCUT2D eigenvalue weighted by Crippen LogP contribution is -2.33. The van der Waals surface area contributed by atoms with Crippen molar-refractivity contribution in [1.29, 1.82) is 0 Å². The summed E-state index contributed by atoms with van der Waals surface area (Å²) >= 11 is 0. The highest BCUT2D eigenvalue weighted by molar-refractivity contribution is 6.32. The maximum atomic E-state index is 11.4. The third-order valence-electron chi connectivity index (χ3n) is 2.51. The largest absolute Gasteiger partial charge is 0.444 e. The molecule has 0 saturated heterocycles. The van der Waals surface area contributed by atoms with Gasteiger partial charge in [0.2, 0.25) is 0 Å². The zero-order valence-corrected chi connectivity index (χ0v) is 13.9. The second-order valence-electron chi connectivity index (χ2n) is 5.70. The summed E-state index contributed by atoms with van der Waals surface area (Å²) < 4.78 is 5.14. The standard InChI is InChI=1S/C15H23BN2O2.C2H4/c1-15(2,3)20-14(19)18-10-4-9-17-11-12-5-7-13(16)8-6-12;1-2/h5-8,17H,4,9-11H2,1-3H3,(H,18,19);1-2H2. The van der Waals surface area contributed by atoms with E-state index in [1.807, 2.05) is 45.0 Å². The molecule has 5 heteroatoms. The number of amides is 1. The summed E-state index contributed by atoms with van der Waals surface area (Å²) in [5, 5.41) is 6.04. The Hall–Kier alpha value is -1.75. The molecule has 0 heterocycles. The quantitative estimate of drug-likeness (QED) is 0.481. The summed E-state index contributed by atoms with van der Waals surface area (Å²) in [7, 11) is 5.62. The summed E-state index contributed by atoms with van der Waals surface area (Å²) in [6, 6.07) is 7.78. The molecule has 0 aliphatic carbocycles. The van der Waals surface area contributed by atoms with Gasteiger partial charge in [-0.1, -0.05) is 29.7 Å². The van der Waals surface area contributed by atoms with Gasteiger partial charge in [0.05, 0.1) is 0 Å². The Morgan fingerprint density at radius 3 is 2.32 bits per heavy atom. The number of hydrogen-bond acceptors (Lipinski definition) is 3. The van der Waals surface area contributed by atoms with Crippen LogP contribution < -0.4 is 16.1 Å². The van der Waals surface area contributed by atoms with Crippen LogP contribution in [-0.4, -0.2) is 32.6 Å². The number of ether oxygens (including phenoxy) is 1. The Morgan fingerprint density at radius 2 is 1.77 bits per heavy atom. The Bertz CT molecular complexity index is 427. The first-order chi connectivity index (χ1) is 10.4. The molecule has 0 spiro atoms. The Balaban J connectivity index is 0.00000211. The molecular formula is C17H27BN2O2. The number of alkyl carbamates (subject to hydrolysis) is 1. The number of carbonyl (C=O) groups is 1. The molecule has 0 aliphatic heterocycles. The van der Waals surface area contributed by atoms with Gasteiger partial charge >= 0.3 is 6.09 Å². The first kappa shape index (κ1) is 20.3. The molecule has 0 saturated carbocycles. The molecule has 2 N–H and O–H groups in total. The topological polar surface area (TPSA) is 50.4 Å². The second kappa shape index (κ2) is 10.9. The van der Waals surface area contributed by atoms with E-state index < -0.39 is 5.60 Å². The normalized spacial score (nSPS) is 10.3. The average Bonchev–Trinajstić information content (AvgIpc) is 2.45. The molecule has 1 aromatic rings. The van der Waals surface area contributed by atoms with Crippen LogP contribution in [0.1, 0.15) is 32.8 Å². The lowest BCUT2D eigenvalue weighted by atomic mass is 9.95. The van der Waals surface area contributed by atoms with Crippen LogP contribution in [0.2, 0.25) is 0 Å². The van der Waals surface area contributed by atoms with Gasteiger partial charge in [0, 0.05) is 13.1 Å². The van der Waals surface area contributed by atoms with Crippen molar-refractivity contribution in [1.82, 2.24) is 10.6 Å². The SMILES string of the molecule is C=C.[B]c1ccc(CNCCCNC(=O)OC(C)(C)C)cc1. The zero-order chi connectivity index (χ0) is 17.0. The van der Waals surface area contributed by atoms with E-state index in [-0.39, 0.29) is 6.09 Å². The predicted molar refractivity (Wildman–Crippen MR) is 93.6 cm³/mol. The lowest BCUT2D eigenvalue weighted by molar-refractivity contribution is 0.0527. The predicted octanol–water partition coefficient (Wildman–Crippen LogP) is 2.29. The fraction of sp³-hybridized carbons (Fsp3) is 0.471. The highest BCUT2D eigenvalue weighted by Crippen LogP contribution is 2.06. The van der Waals surface area contributed by atoms with Crippen LogP contribution in [0.3, 0.4) is 0 Å². The van der Waals surface area contributed by atoms with Crippen molar-refractivity contribution in [3.05, 3.63) is 43.0 Å². The number of rotatable bonds is 6. The molecule has 1 rings (SSSR count). The fourth-order valence-corrected chi connectivity index (χ4v) is 1.59. The third kappa shape index (κ3) is 11.0. The van der Waals surface area contributed by atoms with Crippen LogP contribution in [0.5, 0.6) is 0 Å². The van der Waals surface area contributed by atoms with Gasteiger partial charge in [-0.2, -0.15) is 0 Å². The summed E-state index contributed by atoms with van der Waals surface area (Å²) in [5.74, 6) is 0. The molecule has 22 heavy (non-hydrogen) atoms. The van der Waals surface area contributed by atoms with Crippen molar-refractivity contribution in [2.45, 2.75) is 39.3 Å². The van der Waals surface area contributed by atoms with E-state index in [1.54, 1.807) is 0 Å². The van der Waals surface area contributed by atoms with Crippen molar-refractivity contribution < 1.29 is 9.53 Å². The molecule has 0 fully saturated rings. The van der Waals surface area contributed by atoms with E-state index in [0.717, 1.165) is 25.0 Å². The van der Waals surface area contributed by atoms with Crippen LogP contribution in [0, 0.1) is 0 Å². The summed E-state index contributed by atoms with van der Waals surface area (Å²) in [6.45, 7) is 13.8. The maximum Gasteiger partial charge on any atom is 0.407 e. The first-order valence-corrected chi connectivity index (χ1v) is 7.39. The van der Waals surface area contributed by atoms with Crippen molar-refractivity contribution in [3.63, 3.8) is 0 Å². The fourth-order valence-electron chi connectivity index (χ4n) is 1.59. The van der Waals surface area contributed by atoms with E-state index >= 15 is 0 Å². The van der Waals surface area contributed by atoms with Gasteiger partial charge in [0.25, 0.3) is 0 Å². The average molecular weight is 302 g/mol. The molecule has 2 radical (unpaired) electrons. The Morgan fingerprint density at radius 1 is 1.18 bits per heavy atom. The maximum absolute atomic E-state index is 11.4. The zero-order valence-electron chi connectivity index (χ0n) is 13.9. The van der Waals surface area contributed by atoms with Crippen molar-refractivity contribution in [2.75, 3.05) is 13.1 Å². The highest BCUT2D eigenvalue weighted by atomic mass is 16.6. The van der Waals surface area contributed by atoms with Gasteiger partial charge in [-0.3, -0.25) is 0 Å². The molecule has 0 aromatic heterocycles. The molecular weight excluding hydrogens is 275 g/mol. The van der Waals surface area contributed by atoms with Crippen LogP contribution in [0.4, 0.5) is 4.79 Å². The lowest BCUT2D eigenvalue weighted by Gasteiger charge is -2.19. The summed E-state index contributed by atoms with van der Waals surface area (Å²) in [6.07, 6.45) is 0.491. The monoisotopic (exact) mass is 302 g/mol. The van der Waals surface area contributed by atoms with E-state index in [0.29, 0.717) is 6.54 Å². The molecule has 120 valence electrons. The van der Waals surface area contributed by atoms with Gasteiger partial charge in [-0.05, 0) is 39.3 Å². The molecule has 4 nitrogen and oxygen atoms in total. The van der Waals surface area contributed by atoms with E-state index in [9.17, 15) is 4.79 Å². The minimum absolute atomic E-state index is 0.365. The summed E-state index contributed by atoms with van der Waals surface area (Å²) in [4.78, 5) is 11.4. The van der Waals surface area contributed by atoms with Crippen molar-refractivity contribution >= 4 is 19.4 Å². The molecule has 0 aliphatic rings. The van der Waals surface area contributed by atoms with E-state index in [2.05, 4.69) is 23.8 Å². The van der Waals surface area contributed by atoms with E-state index in [4.69, 9.17) is 12.6 Å². The molecule has 0 unspecified atom stereocenters. The van der Waals surface area contributed by atoms with Gasteiger partial charge in [0.15, 0.2) is 0 Å². The van der Waals surface area contributed by atoms with Crippen molar-refractivity contribution in [3.8, 4) is 0 Å². The molecule has 1 aromatic carbocycles. The van der Waals surface area contributed by atoms with Crippen LogP contribution in [0.15, 0.2) is 37.4 Å². The van der Waals surface area contributed by atoms with Crippen LogP contribution in [0.25, 0.3) is 0 Å². The number of hydrogen-bond donors (Lipinski definition) is 2. The van der Waals surface area contributed by atoms with Crippen LogP contribution in [-0.2, 0) is 11.3 Å². The number of carbonyl (C=O) groups excluding carboxylic acids is 1. The van der Waals surface area contributed by atoms with Gasteiger partial charge < -0.3 is 15.4 Å². The highest BCUT2D eigenvalue weighted by Gasteiger charge is 2.15. The smallest absolute Gasteiger partial charge is 0.407 e. The minimum Gasteiger partial charge on any atom is -0.444 e. The number of benzene rings is 1. The van der Waals surface area contributed by atoms with Crippen molar-refractivity contribution in [2.24, 2.45) is 0 Å². The Labute approximate surface area is 135 Å². The van der Waals surface area contributed by atoms with Gasteiger partial charge in [-0.15, -0.1) is 13.2 Å². The second-order valence-corrected chi connectivity index (χ2v) is 5.70. The van der Waals surface area contributed by atoms with Gasteiger partial charge in [-0.25, -0.2) is 4.79 Å². The molecule has 1 amide bonds. The Kier molecular flexibility index (Phi) is 10.0. The van der Waals surface area contributed by atoms with E-state index in [1.165, 1.54) is 5.56 Å².